The molecule has 0 saturated carbocycles. The Morgan fingerprint density at radius 1 is 0.976 bits per heavy atom. The minimum atomic E-state index is -1.69. The van der Waals surface area contributed by atoms with Gasteiger partial charge in [-0.1, -0.05) is 24.9 Å². The SMILES string of the molecule is CCCc1c(Cl)c2c(O)c3c(c(O)c2c(=O)n1C)-c1c(c(OC)c2oc4c(c(=O)c2c1O)[C@@H](O)[C@@H](O)C[C@@H]4O)CC3. The zero-order valence-corrected chi connectivity index (χ0v) is 23.2. The van der Waals surface area contributed by atoms with Crippen molar-refractivity contribution in [3.63, 3.8) is 0 Å². The van der Waals surface area contributed by atoms with Gasteiger partial charge < -0.3 is 44.4 Å². The molecule has 2 aliphatic rings. The number of hydrogen-bond donors (Lipinski definition) is 6. The molecule has 4 aromatic rings. The van der Waals surface area contributed by atoms with Crippen LogP contribution in [0.3, 0.4) is 0 Å². The van der Waals surface area contributed by atoms with Crippen molar-refractivity contribution in [2.45, 2.75) is 57.3 Å². The van der Waals surface area contributed by atoms with Gasteiger partial charge in [-0.15, -0.1) is 0 Å². The number of aliphatic hydroxyl groups excluding tert-OH is 3. The van der Waals surface area contributed by atoms with Gasteiger partial charge in [0, 0.05) is 41.4 Å². The summed E-state index contributed by atoms with van der Waals surface area (Å²) in [4.78, 5) is 27.2. The number of pyridine rings is 1. The van der Waals surface area contributed by atoms with Crippen LogP contribution in [0.2, 0.25) is 5.02 Å². The van der Waals surface area contributed by atoms with Crippen molar-refractivity contribution in [1.82, 2.24) is 4.57 Å². The van der Waals surface area contributed by atoms with Crippen LogP contribution in [0.5, 0.6) is 23.0 Å². The Labute approximate surface area is 237 Å². The Morgan fingerprint density at radius 2 is 1.61 bits per heavy atom. The van der Waals surface area contributed by atoms with Crippen LogP contribution in [-0.2, 0) is 26.3 Å². The normalized spacial score (nSPS) is 19.7. The number of hydrogen-bond acceptors (Lipinski definition) is 10. The van der Waals surface area contributed by atoms with E-state index in [-0.39, 0.29) is 74.6 Å². The summed E-state index contributed by atoms with van der Waals surface area (Å²) in [5.74, 6) is -1.72. The van der Waals surface area contributed by atoms with Crippen molar-refractivity contribution in [3.8, 4) is 34.1 Å². The second-order valence-electron chi connectivity index (χ2n) is 10.6. The molecule has 41 heavy (non-hydrogen) atoms. The van der Waals surface area contributed by atoms with Gasteiger partial charge in [0.2, 0.25) is 5.43 Å². The van der Waals surface area contributed by atoms with Gasteiger partial charge >= 0.3 is 0 Å². The molecule has 2 heterocycles. The molecular formula is C29H28ClNO10. The van der Waals surface area contributed by atoms with Crippen LogP contribution >= 0.6 is 11.6 Å². The van der Waals surface area contributed by atoms with Gasteiger partial charge in [0.25, 0.3) is 5.56 Å². The number of aromatic nitrogens is 1. The van der Waals surface area contributed by atoms with E-state index in [1.165, 1.54) is 18.7 Å². The molecule has 0 unspecified atom stereocenters. The first kappa shape index (κ1) is 27.4. The van der Waals surface area contributed by atoms with E-state index in [0.29, 0.717) is 24.1 Å². The highest BCUT2D eigenvalue weighted by atomic mass is 35.5. The lowest BCUT2D eigenvalue weighted by molar-refractivity contribution is -0.0373. The third-order valence-corrected chi connectivity index (χ3v) is 8.78. The van der Waals surface area contributed by atoms with Crippen LogP contribution in [-0.4, -0.2) is 48.4 Å². The van der Waals surface area contributed by atoms with Crippen LogP contribution in [0.25, 0.3) is 32.9 Å². The van der Waals surface area contributed by atoms with Gasteiger partial charge in [0.05, 0.1) is 34.6 Å². The molecule has 3 atom stereocenters. The number of halogens is 1. The summed E-state index contributed by atoms with van der Waals surface area (Å²) in [5, 5.41) is 65.4. The van der Waals surface area contributed by atoms with Gasteiger partial charge in [-0.05, 0) is 19.3 Å². The van der Waals surface area contributed by atoms with Crippen molar-refractivity contribution in [3.05, 3.63) is 53.7 Å². The predicted molar refractivity (Wildman–Crippen MR) is 149 cm³/mol. The maximum Gasteiger partial charge on any atom is 0.262 e. The molecule has 216 valence electrons. The Morgan fingerprint density at radius 3 is 2.27 bits per heavy atom. The molecule has 2 aromatic heterocycles. The molecule has 2 aliphatic carbocycles. The summed E-state index contributed by atoms with van der Waals surface area (Å²) >= 11 is 6.68. The number of aliphatic hydroxyl groups is 3. The Hall–Kier alpha value is -3.77. The van der Waals surface area contributed by atoms with Gasteiger partial charge in [-0.3, -0.25) is 9.59 Å². The zero-order chi connectivity index (χ0) is 29.7. The number of methoxy groups -OCH3 is 1. The average molecular weight is 586 g/mol. The molecule has 0 saturated heterocycles. The summed E-state index contributed by atoms with van der Waals surface area (Å²) in [6.07, 6.45) is -3.35. The Balaban J connectivity index is 1.79. The molecule has 0 amide bonds. The van der Waals surface area contributed by atoms with Crippen molar-refractivity contribution in [2.75, 3.05) is 7.11 Å². The fourth-order valence-electron chi connectivity index (χ4n) is 6.42. The lowest BCUT2D eigenvalue weighted by atomic mass is 9.80. The number of rotatable bonds is 3. The fraction of sp³-hybridized carbons (Fsp3) is 0.379. The van der Waals surface area contributed by atoms with Crippen molar-refractivity contribution < 1.29 is 39.8 Å². The smallest absolute Gasteiger partial charge is 0.262 e. The molecule has 11 nitrogen and oxygen atoms in total. The maximum atomic E-state index is 13.7. The highest BCUT2D eigenvalue weighted by Gasteiger charge is 2.40. The minimum Gasteiger partial charge on any atom is -0.507 e. The second-order valence-corrected chi connectivity index (χ2v) is 11.0. The van der Waals surface area contributed by atoms with Crippen molar-refractivity contribution >= 4 is 33.3 Å². The Kier molecular flexibility index (Phi) is 6.27. The monoisotopic (exact) mass is 585 g/mol. The molecule has 0 spiro atoms. The first-order valence-corrected chi connectivity index (χ1v) is 13.6. The van der Waals surface area contributed by atoms with E-state index < -0.39 is 51.7 Å². The van der Waals surface area contributed by atoms with E-state index in [4.69, 9.17) is 20.8 Å². The van der Waals surface area contributed by atoms with E-state index in [0.717, 1.165) is 0 Å². The lowest BCUT2D eigenvalue weighted by Crippen LogP contribution is -2.33. The van der Waals surface area contributed by atoms with E-state index in [2.05, 4.69) is 0 Å². The van der Waals surface area contributed by atoms with E-state index in [1.807, 2.05) is 6.92 Å². The third-order valence-electron chi connectivity index (χ3n) is 8.37. The number of fused-ring (bicyclic) bond motifs is 6. The summed E-state index contributed by atoms with van der Waals surface area (Å²) in [6.45, 7) is 1.92. The lowest BCUT2D eigenvalue weighted by Gasteiger charge is -2.30. The average Bonchev–Trinajstić information content (AvgIpc) is 2.94. The maximum absolute atomic E-state index is 13.7. The van der Waals surface area contributed by atoms with Gasteiger partial charge in [-0.2, -0.15) is 0 Å². The fourth-order valence-corrected chi connectivity index (χ4v) is 6.83. The molecule has 2 aromatic carbocycles. The van der Waals surface area contributed by atoms with E-state index >= 15 is 0 Å². The number of phenolic OH excluding ortho intramolecular Hbond substituents is 3. The summed E-state index contributed by atoms with van der Waals surface area (Å²) in [7, 11) is 2.83. The largest absolute Gasteiger partial charge is 0.507 e. The molecule has 6 rings (SSSR count). The molecule has 6 N–H and O–H groups in total. The summed E-state index contributed by atoms with van der Waals surface area (Å²) in [6, 6.07) is 0. The van der Waals surface area contributed by atoms with E-state index in [9.17, 15) is 40.2 Å². The van der Waals surface area contributed by atoms with Gasteiger partial charge in [0.1, 0.15) is 40.6 Å². The number of benzene rings is 2. The predicted octanol–water partition coefficient (Wildman–Crippen LogP) is 2.97. The molecule has 12 heteroatoms. The second kappa shape index (κ2) is 9.38. The number of phenols is 3. The molecule has 0 bridgehead atoms. The van der Waals surface area contributed by atoms with Gasteiger partial charge in [0.15, 0.2) is 11.3 Å². The highest BCUT2D eigenvalue weighted by molar-refractivity contribution is 6.37. The first-order valence-electron chi connectivity index (χ1n) is 13.2. The van der Waals surface area contributed by atoms with Crippen molar-refractivity contribution in [2.24, 2.45) is 7.05 Å². The minimum absolute atomic E-state index is 0.00448. The zero-order valence-electron chi connectivity index (χ0n) is 22.4. The number of ether oxygens (including phenoxy) is 1. The molecular weight excluding hydrogens is 558 g/mol. The topological polar surface area (TPSA) is 183 Å². The van der Waals surface area contributed by atoms with Crippen LogP contribution < -0.4 is 15.7 Å². The third kappa shape index (κ3) is 3.49. The Bertz CT molecular complexity index is 1930. The van der Waals surface area contributed by atoms with Crippen LogP contribution in [0.1, 0.15) is 60.1 Å². The summed E-state index contributed by atoms with van der Waals surface area (Å²) < 4.78 is 12.8. The highest BCUT2D eigenvalue weighted by Crippen LogP contribution is 2.56. The molecule has 0 radical (unpaired) electrons. The molecule has 0 fully saturated rings. The van der Waals surface area contributed by atoms with Crippen LogP contribution in [0, 0.1) is 0 Å². The summed E-state index contributed by atoms with van der Waals surface area (Å²) in [5.41, 5.74) is -1.20. The quantitative estimate of drug-likeness (QED) is 0.195. The number of nitrogens with zero attached hydrogens (tertiary/aromatic N) is 1. The van der Waals surface area contributed by atoms with Crippen LogP contribution in [0.4, 0.5) is 0 Å². The number of aromatic hydroxyl groups is 3. The first-order chi connectivity index (χ1) is 19.5. The van der Waals surface area contributed by atoms with Crippen LogP contribution in [0.15, 0.2) is 14.0 Å². The van der Waals surface area contributed by atoms with Gasteiger partial charge in [-0.25, -0.2) is 0 Å². The molecule has 0 aliphatic heterocycles. The standard InChI is InChI=1S/C29H28ClNO10/c1-4-5-11-20(30)16-17(29(39)31(11)2)23(36)14-9(21(16)34)6-7-10-15(14)24(37)19-25(38)18-22(35)12(32)8-13(33)27(18)41-28(19)26(10)40-3/h12-13,22,32-37H,4-8H2,1-3H3/t12-,13-,22-/m0/s1. The van der Waals surface area contributed by atoms with Crippen molar-refractivity contribution in [1.29, 1.82) is 0 Å². The van der Waals surface area contributed by atoms with E-state index in [1.54, 1.807) is 0 Å².